The maximum Gasteiger partial charge on any atom is 0.246 e. The van der Waals surface area contributed by atoms with Crippen molar-refractivity contribution in [3.63, 3.8) is 0 Å². The number of carbonyl (C=O) groups excluding carboxylic acids is 1. The summed E-state index contributed by atoms with van der Waals surface area (Å²) in [6.07, 6.45) is 5.14. The number of rotatable bonds is 7. The van der Waals surface area contributed by atoms with Crippen molar-refractivity contribution < 1.29 is 19.0 Å². The van der Waals surface area contributed by atoms with Crippen molar-refractivity contribution in [2.75, 3.05) is 34.4 Å². The Labute approximate surface area is 160 Å². The van der Waals surface area contributed by atoms with E-state index in [0.717, 1.165) is 36.3 Å². The van der Waals surface area contributed by atoms with Crippen LogP contribution in [0.15, 0.2) is 42.5 Å². The Morgan fingerprint density at radius 3 is 2.74 bits per heavy atom. The third-order valence-corrected chi connectivity index (χ3v) is 4.69. The predicted octanol–water partition coefficient (Wildman–Crippen LogP) is 3.35. The van der Waals surface area contributed by atoms with E-state index in [1.54, 1.807) is 25.2 Å². The van der Waals surface area contributed by atoms with Crippen LogP contribution in [-0.4, -0.2) is 45.2 Å². The highest BCUT2D eigenvalue weighted by Crippen LogP contribution is 2.28. The van der Waals surface area contributed by atoms with E-state index in [-0.39, 0.29) is 5.91 Å². The van der Waals surface area contributed by atoms with Gasteiger partial charge in [-0.25, -0.2) is 0 Å². The van der Waals surface area contributed by atoms with Gasteiger partial charge in [-0.2, -0.15) is 0 Å². The summed E-state index contributed by atoms with van der Waals surface area (Å²) in [5, 5.41) is 0. The summed E-state index contributed by atoms with van der Waals surface area (Å²) in [5.41, 5.74) is 3.31. The molecule has 2 aromatic rings. The van der Waals surface area contributed by atoms with E-state index in [0.29, 0.717) is 18.0 Å². The summed E-state index contributed by atoms with van der Waals surface area (Å²) in [5.74, 6) is 2.33. The first-order valence-corrected chi connectivity index (χ1v) is 9.00. The average molecular weight is 367 g/mol. The summed E-state index contributed by atoms with van der Waals surface area (Å²) >= 11 is 0. The number of hydrogen-bond donors (Lipinski definition) is 0. The van der Waals surface area contributed by atoms with Crippen molar-refractivity contribution in [1.82, 2.24) is 4.90 Å². The minimum absolute atomic E-state index is 0.0211. The van der Waals surface area contributed by atoms with Gasteiger partial charge in [-0.15, -0.1) is 0 Å². The van der Waals surface area contributed by atoms with Crippen LogP contribution in [0.5, 0.6) is 17.2 Å². The van der Waals surface area contributed by atoms with E-state index in [9.17, 15) is 4.79 Å². The maximum atomic E-state index is 12.4. The highest BCUT2D eigenvalue weighted by atomic mass is 16.5. The number of nitrogens with zero attached hydrogens (tertiary/aromatic N) is 1. The fourth-order valence-corrected chi connectivity index (χ4v) is 3.05. The summed E-state index contributed by atoms with van der Waals surface area (Å²) in [7, 11) is 5.04. The third-order valence-electron chi connectivity index (χ3n) is 4.69. The Morgan fingerprint density at radius 2 is 1.96 bits per heavy atom. The van der Waals surface area contributed by atoms with Crippen LogP contribution >= 0.6 is 0 Å². The number of likely N-dealkylation sites (N-methyl/N-ethyl adjacent to an activating group) is 1. The first kappa shape index (κ1) is 18.8. The molecule has 142 valence electrons. The van der Waals surface area contributed by atoms with Crippen LogP contribution in [0.25, 0.3) is 6.08 Å². The molecule has 1 amide bonds. The predicted molar refractivity (Wildman–Crippen MR) is 106 cm³/mol. The van der Waals surface area contributed by atoms with E-state index in [2.05, 4.69) is 6.07 Å². The minimum Gasteiger partial charge on any atom is -0.493 e. The van der Waals surface area contributed by atoms with E-state index in [1.165, 1.54) is 5.56 Å². The molecule has 0 aromatic heterocycles. The quantitative estimate of drug-likeness (QED) is 0.704. The Kier molecular flexibility index (Phi) is 6.01. The standard InChI is InChI=1S/C22H25NO4/c1-23(12-10-17-5-8-20(25-2)21(15-17)26-3)22(24)9-6-16-4-7-19-18(14-16)11-13-27-19/h4-9,14-15H,10-13H2,1-3H3/b9-6+. The molecule has 0 spiro atoms. The smallest absolute Gasteiger partial charge is 0.246 e. The lowest BCUT2D eigenvalue weighted by molar-refractivity contribution is -0.124. The van der Waals surface area contributed by atoms with Gasteiger partial charge >= 0.3 is 0 Å². The van der Waals surface area contributed by atoms with Gasteiger partial charge in [0.1, 0.15) is 5.75 Å². The van der Waals surface area contributed by atoms with Crippen molar-refractivity contribution in [3.8, 4) is 17.2 Å². The Balaban J connectivity index is 1.56. The molecule has 0 saturated carbocycles. The molecule has 0 atom stereocenters. The van der Waals surface area contributed by atoms with Crippen molar-refractivity contribution >= 4 is 12.0 Å². The van der Waals surface area contributed by atoms with Crippen molar-refractivity contribution in [2.24, 2.45) is 0 Å². The molecule has 0 N–H and O–H groups in total. The lowest BCUT2D eigenvalue weighted by atomic mass is 10.1. The van der Waals surface area contributed by atoms with Crippen molar-refractivity contribution in [2.45, 2.75) is 12.8 Å². The molecule has 3 rings (SSSR count). The molecule has 0 aliphatic carbocycles. The topological polar surface area (TPSA) is 48.0 Å². The van der Waals surface area contributed by atoms with Crippen LogP contribution in [0.3, 0.4) is 0 Å². The van der Waals surface area contributed by atoms with Crippen LogP contribution in [0, 0.1) is 0 Å². The molecule has 5 heteroatoms. The first-order chi connectivity index (χ1) is 13.1. The SMILES string of the molecule is COc1ccc(CCN(C)C(=O)/C=C/c2ccc3c(c2)CCO3)cc1OC. The third kappa shape index (κ3) is 4.61. The number of hydrogen-bond acceptors (Lipinski definition) is 4. The molecule has 1 aliphatic rings. The van der Waals surface area contributed by atoms with Gasteiger partial charge in [0.25, 0.3) is 0 Å². The number of methoxy groups -OCH3 is 2. The Hall–Kier alpha value is -2.95. The van der Waals surface area contributed by atoms with Crippen LogP contribution in [0.4, 0.5) is 0 Å². The maximum absolute atomic E-state index is 12.4. The van der Waals surface area contributed by atoms with Gasteiger partial charge in [-0.1, -0.05) is 12.1 Å². The van der Waals surface area contributed by atoms with E-state index < -0.39 is 0 Å². The van der Waals surface area contributed by atoms with Gasteiger partial charge in [0.05, 0.1) is 20.8 Å². The van der Waals surface area contributed by atoms with Crippen molar-refractivity contribution in [1.29, 1.82) is 0 Å². The monoisotopic (exact) mass is 367 g/mol. The summed E-state index contributed by atoms with van der Waals surface area (Å²) in [6, 6.07) is 11.8. The highest BCUT2D eigenvalue weighted by molar-refractivity contribution is 5.91. The van der Waals surface area contributed by atoms with Crippen LogP contribution < -0.4 is 14.2 Å². The molecule has 0 saturated heterocycles. The highest BCUT2D eigenvalue weighted by Gasteiger charge is 2.12. The second kappa shape index (κ2) is 8.62. The summed E-state index contributed by atoms with van der Waals surface area (Å²) in [4.78, 5) is 14.1. The molecule has 1 aliphatic heterocycles. The fourth-order valence-electron chi connectivity index (χ4n) is 3.05. The normalized spacial score (nSPS) is 12.6. The molecule has 0 radical (unpaired) electrons. The molecule has 27 heavy (non-hydrogen) atoms. The van der Waals surface area contributed by atoms with Crippen LogP contribution in [-0.2, 0) is 17.6 Å². The Bertz CT molecular complexity index is 844. The molecule has 2 aromatic carbocycles. The van der Waals surface area contributed by atoms with Crippen LogP contribution in [0.2, 0.25) is 0 Å². The van der Waals surface area contributed by atoms with Gasteiger partial charge in [0.2, 0.25) is 5.91 Å². The van der Waals surface area contributed by atoms with Gasteiger partial charge in [-0.05, 0) is 53.5 Å². The lowest BCUT2D eigenvalue weighted by Crippen LogP contribution is -2.27. The Morgan fingerprint density at radius 1 is 1.15 bits per heavy atom. The van der Waals surface area contributed by atoms with E-state index >= 15 is 0 Å². The molecule has 0 bridgehead atoms. The number of ether oxygens (including phenoxy) is 3. The van der Waals surface area contributed by atoms with Gasteiger partial charge in [0, 0.05) is 26.1 Å². The second-order valence-corrected chi connectivity index (χ2v) is 6.50. The van der Waals surface area contributed by atoms with Gasteiger partial charge in [0.15, 0.2) is 11.5 Å². The van der Waals surface area contributed by atoms with Gasteiger partial charge < -0.3 is 19.1 Å². The molecular weight excluding hydrogens is 342 g/mol. The summed E-state index contributed by atoms with van der Waals surface area (Å²) in [6.45, 7) is 1.36. The number of fused-ring (bicyclic) bond motifs is 1. The zero-order valence-electron chi connectivity index (χ0n) is 16.0. The molecule has 5 nitrogen and oxygen atoms in total. The zero-order valence-corrected chi connectivity index (χ0v) is 16.0. The lowest BCUT2D eigenvalue weighted by Gasteiger charge is -2.16. The van der Waals surface area contributed by atoms with Crippen molar-refractivity contribution in [3.05, 3.63) is 59.2 Å². The number of amides is 1. The molecule has 0 unspecified atom stereocenters. The number of carbonyl (C=O) groups is 1. The molecular formula is C22H25NO4. The molecule has 0 fully saturated rings. The molecule has 1 heterocycles. The largest absolute Gasteiger partial charge is 0.493 e. The number of benzene rings is 2. The van der Waals surface area contributed by atoms with Crippen LogP contribution in [0.1, 0.15) is 16.7 Å². The van der Waals surface area contributed by atoms with Gasteiger partial charge in [-0.3, -0.25) is 4.79 Å². The first-order valence-electron chi connectivity index (χ1n) is 9.00. The average Bonchev–Trinajstić information content (AvgIpc) is 3.17. The van der Waals surface area contributed by atoms with E-state index in [4.69, 9.17) is 14.2 Å². The van der Waals surface area contributed by atoms with E-state index in [1.807, 2.05) is 43.5 Å². The minimum atomic E-state index is -0.0211. The zero-order chi connectivity index (χ0) is 19.2. The summed E-state index contributed by atoms with van der Waals surface area (Å²) < 4.78 is 16.1. The fraction of sp³-hybridized carbons (Fsp3) is 0.318. The second-order valence-electron chi connectivity index (χ2n) is 6.50.